The number of hydrogen-bond acceptors (Lipinski definition) is 3. The van der Waals surface area contributed by atoms with Gasteiger partial charge in [-0.3, -0.25) is 9.59 Å². The van der Waals surface area contributed by atoms with Crippen molar-refractivity contribution in [1.29, 1.82) is 0 Å². The summed E-state index contributed by atoms with van der Waals surface area (Å²) in [7, 11) is 0. The molecule has 5 nitrogen and oxygen atoms in total. The van der Waals surface area contributed by atoms with Gasteiger partial charge in [0.05, 0.1) is 18.8 Å². The highest BCUT2D eigenvalue weighted by Gasteiger charge is 2.19. The van der Waals surface area contributed by atoms with E-state index in [2.05, 4.69) is 56.6 Å². The van der Waals surface area contributed by atoms with Gasteiger partial charge in [-0.25, -0.2) is 0 Å². The average molecular weight is 416 g/mol. The van der Waals surface area contributed by atoms with E-state index in [1.54, 1.807) is 6.07 Å². The molecule has 0 fully saturated rings. The standard InChI is InChI=1S/C20H22BrN3O2/c1-14-8-9-18-15(11-14)5-4-10-24(18)13-20(26)22-12-19(25)23-17-7-3-2-6-16(17)21/h2-3,6-9,11H,4-5,10,12-13H2,1H3,(H,22,26)(H,23,25). The van der Waals surface area contributed by atoms with Gasteiger partial charge in [0, 0.05) is 16.7 Å². The number of para-hydroxylation sites is 1. The molecule has 1 heterocycles. The van der Waals surface area contributed by atoms with Gasteiger partial charge in [0.15, 0.2) is 0 Å². The summed E-state index contributed by atoms with van der Waals surface area (Å²) in [5, 5.41) is 5.48. The minimum absolute atomic E-state index is 0.0469. The first-order valence-corrected chi connectivity index (χ1v) is 9.48. The summed E-state index contributed by atoms with van der Waals surface area (Å²) in [6, 6.07) is 13.7. The number of halogens is 1. The lowest BCUT2D eigenvalue weighted by Gasteiger charge is -2.31. The molecule has 2 aromatic carbocycles. The van der Waals surface area contributed by atoms with Crippen LogP contribution in [0.1, 0.15) is 17.5 Å². The zero-order chi connectivity index (χ0) is 18.5. The predicted octanol–water partition coefficient (Wildman–Crippen LogP) is 3.27. The smallest absolute Gasteiger partial charge is 0.243 e. The van der Waals surface area contributed by atoms with Crippen molar-refractivity contribution in [2.24, 2.45) is 0 Å². The summed E-state index contributed by atoms with van der Waals surface area (Å²) in [5.74, 6) is -0.402. The van der Waals surface area contributed by atoms with Crippen molar-refractivity contribution < 1.29 is 9.59 Å². The Hall–Kier alpha value is -2.34. The van der Waals surface area contributed by atoms with Gasteiger partial charge in [0.2, 0.25) is 11.8 Å². The van der Waals surface area contributed by atoms with Crippen LogP contribution in [-0.2, 0) is 16.0 Å². The van der Waals surface area contributed by atoms with Gasteiger partial charge in [0.25, 0.3) is 0 Å². The number of benzene rings is 2. The van der Waals surface area contributed by atoms with E-state index in [0.717, 1.165) is 29.5 Å². The van der Waals surface area contributed by atoms with Gasteiger partial charge < -0.3 is 15.5 Å². The Morgan fingerprint density at radius 2 is 1.96 bits per heavy atom. The molecule has 0 aliphatic carbocycles. The van der Waals surface area contributed by atoms with Crippen LogP contribution in [0, 0.1) is 6.92 Å². The Labute approximate surface area is 161 Å². The second-order valence-corrected chi connectivity index (χ2v) is 7.32. The molecule has 0 spiro atoms. The second-order valence-electron chi connectivity index (χ2n) is 6.46. The highest BCUT2D eigenvalue weighted by atomic mass is 79.9. The monoisotopic (exact) mass is 415 g/mol. The minimum atomic E-state index is -0.250. The van der Waals surface area contributed by atoms with Gasteiger partial charge in [-0.1, -0.05) is 29.8 Å². The van der Waals surface area contributed by atoms with E-state index < -0.39 is 0 Å². The molecule has 0 saturated carbocycles. The fourth-order valence-electron chi connectivity index (χ4n) is 3.13. The SMILES string of the molecule is Cc1ccc2c(c1)CCCN2CC(=O)NCC(=O)Nc1ccccc1Br. The Kier molecular flexibility index (Phi) is 5.93. The molecule has 0 aromatic heterocycles. The van der Waals surface area contributed by atoms with Gasteiger partial charge >= 0.3 is 0 Å². The molecule has 0 unspecified atom stereocenters. The molecule has 0 atom stereocenters. The highest BCUT2D eigenvalue weighted by Crippen LogP contribution is 2.27. The van der Waals surface area contributed by atoms with E-state index in [1.807, 2.05) is 18.2 Å². The van der Waals surface area contributed by atoms with E-state index in [0.29, 0.717) is 5.69 Å². The summed E-state index contributed by atoms with van der Waals surface area (Å²) < 4.78 is 0.805. The summed E-state index contributed by atoms with van der Waals surface area (Å²) in [6.07, 6.45) is 2.08. The number of nitrogens with zero attached hydrogens (tertiary/aromatic N) is 1. The van der Waals surface area contributed by atoms with Crippen LogP contribution in [0.3, 0.4) is 0 Å². The first-order valence-electron chi connectivity index (χ1n) is 8.68. The van der Waals surface area contributed by atoms with Gasteiger partial charge in [-0.15, -0.1) is 0 Å². The van der Waals surface area contributed by atoms with Crippen molar-refractivity contribution in [1.82, 2.24) is 5.32 Å². The van der Waals surface area contributed by atoms with Gasteiger partial charge in [-0.2, -0.15) is 0 Å². The van der Waals surface area contributed by atoms with Crippen molar-refractivity contribution in [3.63, 3.8) is 0 Å². The lowest BCUT2D eigenvalue weighted by molar-refractivity contribution is -0.123. The molecule has 1 aliphatic rings. The number of fused-ring (bicyclic) bond motifs is 1. The van der Waals surface area contributed by atoms with E-state index in [4.69, 9.17) is 0 Å². The molecule has 3 rings (SSSR count). The molecule has 2 amide bonds. The number of aryl methyl sites for hydroxylation is 2. The van der Waals surface area contributed by atoms with Crippen LogP contribution in [0.15, 0.2) is 46.9 Å². The first kappa shape index (κ1) is 18.5. The molecular weight excluding hydrogens is 394 g/mol. The zero-order valence-electron chi connectivity index (χ0n) is 14.7. The van der Waals surface area contributed by atoms with Crippen LogP contribution in [0.4, 0.5) is 11.4 Å². The molecule has 1 aliphatic heterocycles. The number of nitrogens with one attached hydrogen (secondary N) is 2. The Morgan fingerprint density at radius 3 is 2.77 bits per heavy atom. The zero-order valence-corrected chi connectivity index (χ0v) is 16.3. The molecular formula is C20H22BrN3O2. The van der Waals surface area contributed by atoms with E-state index >= 15 is 0 Å². The van der Waals surface area contributed by atoms with Gasteiger partial charge in [0.1, 0.15) is 0 Å². The number of amides is 2. The van der Waals surface area contributed by atoms with Crippen LogP contribution in [0.2, 0.25) is 0 Å². The van der Waals surface area contributed by atoms with Crippen LogP contribution in [0.5, 0.6) is 0 Å². The van der Waals surface area contributed by atoms with E-state index in [9.17, 15) is 9.59 Å². The average Bonchev–Trinajstić information content (AvgIpc) is 2.62. The van der Waals surface area contributed by atoms with E-state index in [1.165, 1.54) is 11.1 Å². The van der Waals surface area contributed by atoms with Crippen LogP contribution >= 0.6 is 15.9 Å². The maximum absolute atomic E-state index is 12.3. The van der Waals surface area contributed by atoms with Crippen LogP contribution in [0.25, 0.3) is 0 Å². The Balaban J connectivity index is 1.52. The van der Waals surface area contributed by atoms with E-state index in [-0.39, 0.29) is 24.9 Å². The number of anilines is 2. The normalized spacial score (nSPS) is 13.1. The summed E-state index contributed by atoms with van der Waals surface area (Å²) >= 11 is 3.38. The number of hydrogen-bond donors (Lipinski definition) is 2. The fourth-order valence-corrected chi connectivity index (χ4v) is 3.52. The number of carbonyl (C=O) groups excluding carboxylic acids is 2. The number of carbonyl (C=O) groups is 2. The number of rotatable bonds is 5. The highest BCUT2D eigenvalue weighted by molar-refractivity contribution is 9.10. The maximum atomic E-state index is 12.3. The third-order valence-electron chi connectivity index (χ3n) is 4.38. The van der Waals surface area contributed by atoms with Crippen LogP contribution < -0.4 is 15.5 Å². The van der Waals surface area contributed by atoms with Crippen molar-refractivity contribution in [2.45, 2.75) is 19.8 Å². The molecule has 0 bridgehead atoms. The second kappa shape index (κ2) is 8.36. The third kappa shape index (κ3) is 4.64. The molecule has 0 radical (unpaired) electrons. The van der Waals surface area contributed by atoms with Crippen molar-refractivity contribution in [2.75, 3.05) is 29.9 Å². The first-order chi connectivity index (χ1) is 12.5. The maximum Gasteiger partial charge on any atom is 0.243 e. The van der Waals surface area contributed by atoms with Gasteiger partial charge in [-0.05, 0) is 59.5 Å². The lowest BCUT2D eigenvalue weighted by atomic mass is 9.99. The lowest BCUT2D eigenvalue weighted by Crippen LogP contribution is -2.42. The Morgan fingerprint density at radius 1 is 1.15 bits per heavy atom. The predicted molar refractivity (Wildman–Crippen MR) is 107 cm³/mol. The molecule has 2 aromatic rings. The van der Waals surface area contributed by atoms with Crippen LogP contribution in [-0.4, -0.2) is 31.4 Å². The largest absolute Gasteiger partial charge is 0.362 e. The topological polar surface area (TPSA) is 61.4 Å². The fraction of sp³-hybridized carbons (Fsp3) is 0.300. The summed E-state index contributed by atoms with van der Waals surface area (Å²) in [5.41, 5.74) is 4.33. The Bertz CT molecular complexity index is 822. The summed E-state index contributed by atoms with van der Waals surface area (Å²) in [4.78, 5) is 26.4. The third-order valence-corrected chi connectivity index (χ3v) is 5.07. The molecule has 26 heavy (non-hydrogen) atoms. The quantitative estimate of drug-likeness (QED) is 0.787. The van der Waals surface area contributed by atoms with Crippen molar-refractivity contribution >= 4 is 39.1 Å². The molecule has 136 valence electrons. The molecule has 2 N–H and O–H groups in total. The minimum Gasteiger partial charge on any atom is -0.362 e. The summed E-state index contributed by atoms with van der Waals surface area (Å²) in [6.45, 7) is 3.15. The molecule has 0 saturated heterocycles. The van der Waals surface area contributed by atoms with Crippen molar-refractivity contribution in [3.8, 4) is 0 Å². The van der Waals surface area contributed by atoms with Crippen molar-refractivity contribution in [3.05, 3.63) is 58.1 Å². The molecule has 6 heteroatoms.